The number of carboxylic acid groups (broad SMARTS) is 1. The Morgan fingerprint density at radius 3 is 2.65 bits per heavy atom. The molecule has 0 radical (unpaired) electrons. The van der Waals surface area contributed by atoms with Gasteiger partial charge in [-0.25, -0.2) is 15.0 Å². The Morgan fingerprint density at radius 1 is 1.22 bits per heavy atom. The SMILES string of the molecule is CN1C=C2N=C(CO)C=C(SCC3(C(=O)O)CS[C@@H]4C(NC(=O)C(=NOC(C)(C)C(=O)NNC(=O)c5ccc(O)c(O)c5)c5csc(N)n5)C(=O)N4C3)N2N1. The highest BCUT2D eigenvalue weighted by molar-refractivity contribution is 8.03. The number of rotatable bonds is 12. The number of aromatic nitrogens is 1. The number of aromatic hydroxyl groups is 2. The van der Waals surface area contributed by atoms with E-state index in [1.54, 1.807) is 29.3 Å². The Hall–Kier alpha value is -5.56. The molecule has 4 aliphatic rings. The number of carbonyl (C=O) groups excluding carboxylic acids is 4. The van der Waals surface area contributed by atoms with Crippen LogP contribution in [0.15, 0.2) is 56.9 Å². The van der Waals surface area contributed by atoms with E-state index in [0.717, 1.165) is 23.5 Å². The molecule has 292 valence electrons. The zero-order chi connectivity index (χ0) is 39.8. The summed E-state index contributed by atoms with van der Waals surface area (Å²) in [6.45, 7) is 2.16. The lowest BCUT2D eigenvalue weighted by Crippen LogP contribution is -2.74. The molecule has 21 nitrogen and oxygen atoms in total. The van der Waals surface area contributed by atoms with Gasteiger partial charge in [-0.1, -0.05) is 5.16 Å². The molecule has 3 atom stereocenters. The van der Waals surface area contributed by atoms with E-state index in [9.17, 15) is 44.4 Å². The van der Waals surface area contributed by atoms with Crippen LogP contribution in [0.5, 0.6) is 11.5 Å². The number of thiazole rings is 1. The zero-order valence-corrected chi connectivity index (χ0v) is 31.6. The topological polar surface area (TPSA) is 297 Å². The predicted octanol–water partition coefficient (Wildman–Crippen LogP) is -0.945. The predicted molar refractivity (Wildman–Crippen MR) is 199 cm³/mol. The van der Waals surface area contributed by atoms with Crippen LogP contribution < -0.4 is 27.4 Å². The van der Waals surface area contributed by atoms with Gasteiger partial charge in [0, 0.05) is 36.0 Å². The number of benzene rings is 1. The molecule has 1 aromatic heterocycles. The molecule has 55 heavy (non-hydrogen) atoms. The number of hydrogen-bond donors (Lipinski definition) is 9. The van der Waals surface area contributed by atoms with Gasteiger partial charge in [0.05, 0.1) is 23.5 Å². The van der Waals surface area contributed by atoms with Gasteiger partial charge < -0.3 is 41.2 Å². The lowest BCUT2D eigenvalue weighted by Gasteiger charge is -2.53. The smallest absolute Gasteiger partial charge is 0.313 e. The molecule has 24 heteroatoms. The van der Waals surface area contributed by atoms with Crippen LogP contribution in [0.3, 0.4) is 0 Å². The number of amides is 4. The molecule has 1 aromatic carbocycles. The van der Waals surface area contributed by atoms with Gasteiger partial charge in [-0.3, -0.25) is 39.8 Å². The van der Waals surface area contributed by atoms with Crippen LogP contribution in [0.1, 0.15) is 29.9 Å². The Balaban J connectivity index is 1.10. The van der Waals surface area contributed by atoms with E-state index < -0.39 is 69.2 Å². The molecule has 10 N–H and O–H groups in total. The summed E-state index contributed by atoms with van der Waals surface area (Å²) in [6.07, 6.45) is 3.37. The second-order valence-electron chi connectivity index (χ2n) is 13.0. The molecule has 6 rings (SSSR count). The number of phenolic OH excluding ortho intramolecular Hbond substituents is 2. The summed E-state index contributed by atoms with van der Waals surface area (Å²) in [5.41, 5.74) is 9.92. The van der Waals surface area contributed by atoms with Crippen LogP contribution >= 0.6 is 34.9 Å². The van der Waals surface area contributed by atoms with E-state index in [-0.39, 0.29) is 41.0 Å². The van der Waals surface area contributed by atoms with Gasteiger partial charge in [-0.05, 0) is 38.1 Å². The number of aliphatic hydroxyl groups is 1. The van der Waals surface area contributed by atoms with Crippen LogP contribution in [0.25, 0.3) is 0 Å². The van der Waals surface area contributed by atoms with Crippen molar-refractivity contribution in [1.29, 1.82) is 0 Å². The number of nitrogens with one attached hydrogen (secondary N) is 4. The zero-order valence-electron chi connectivity index (χ0n) is 29.2. The first-order valence-corrected chi connectivity index (χ1v) is 19.0. The van der Waals surface area contributed by atoms with E-state index in [4.69, 9.17) is 10.6 Å². The lowest BCUT2D eigenvalue weighted by atomic mass is 9.89. The van der Waals surface area contributed by atoms with Gasteiger partial charge in [0.1, 0.15) is 22.5 Å². The average Bonchev–Trinajstić information content (AvgIpc) is 3.76. The Bertz CT molecular complexity index is 2070. The van der Waals surface area contributed by atoms with Crippen molar-refractivity contribution in [2.24, 2.45) is 15.6 Å². The number of thioether (sulfide) groups is 2. The Kier molecular flexibility index (Phi) is 10.9. The van der Waals surface area contributed by atoms with Crippen LogP contribution in [-0.4, -0.2) is 130 Å². The molecule has 2 aromatic rings. The fraction of sp³-hybridized carbons (Fsp3) is 0.355. The third-order valence-corrected chi connectivity index (χ3v) is 12.1. The van der Waals surface area contributed by atoms with E-state index in [2.05, 4.69) is 36.8 Å². The second kappa shape index (κ2) is 15.3. The largest absolute Gasteiger partial charge is 0.504 e. The Morgan fingerprint density at radius 2 is 1.98 bits per heavy atom. The van der Waals surface area contributed by atoms with Gasteiger partial charge >= 0.3 is 5.97 Å². The number of nitrogens with two attached hydrogens (primary N) is 1. The number of fused-ring (bicyclic) bond motifs is 2. The number of hydrazine groups is 3. The van der Waals surface area contributed by atoms with Crippen molar-refractivity contribution >= 4 is 81.0 Å². The van der Waals surface area contributed by atoms with Crippen molar-refractivity contribution in [3.05, 3.63) is 58.0 Å². The van der Waals surface area contributed by atoms with Gasteiger partial charge in [0.15, 0.2) is 28.2 Å². The van der Waals surface area contributed by atoms with E-state index in [1.165, 1.54) is 53.7 Å². The maximum atomic E-state index is 13.6. The fourth-order valence-corrected chi connectivity index (χ4v) is 8.86. The molecule has 0 spiro atoms. The first-order valence-electron chi connectivity index (χ1n) is 16.1. The monoisotopic (exact) mass is 817 g/mol. The third-order valence-electron chi connectivity index (χ3n) is 8.53. The number of oxime groups is 1. The summed E-state index contributed by atoms with van der Waals surface area (Å²) in [4.78, 5) is 80.5. The Labute approximate surface area is 324 Å². The van der Waals surface area contributed by atoms with Gasteiger partial charge in [-0.2, -0.15) is 0 Å². The van der Waals surface area contributed by atoms with Crippen molar-refractivity contribution in [3.63, 3.8) is 0 Å². The number of anilines is 1. The van der Waals surface area contributed by atoms with Crippen LogP contribution in [0.2, 0.25) is 0 Å². The highest BCUT2D eigenvalue weighted by Gasteiger charge is 2.58. The summed E-state index contributed by atoms with van der Waals surface area (Å²) >= 11 is 3.44. The number of hydrogen-bond acceptors (Lipinski definition) is 19. The number of nitrogen functional groups attached to an aromatic ring is 1. The third kappa shape index (κ3) is 7.98. The normalized spacial score (nSPS) is 22.0. The molecule has 0 saturated carbocycles. The molecule has 2 unspecified atom stereocenters. The van der Waals surface area contributed by atoms with E-state index >= 15 is 0 Å². The standard InChI is InChI=1S/C31H35N11O10S3/c1-30(2,27(49)37-36-23(46)14-4-5-17(44)18(45)6-14)52-38-21(16-10-53-29(32)34-16)24(47)35-22-25(48)41-11-31(28(50)51,13-55-26(22)41)12-54-20-7-15(9-43)33-19-8-40(3)39-42(19)20/h4-8,10,22,26,39,43-45H,9,11-13H2,1-3H3,(H2,32,34)(H,35,47)(H,36,46)(H,37,49)(H,50,51)/t22?,26-,31?/m1/s1. The molecule has 2 fully saturated rings. The van der Waals surface area contributed by atoms with E-state index in [1.807, 2.05) is 0 Å². The molecule has 0 bridgehead atoms. The molecular weight excluding hydrogens is 783 g/mol. The number of aliphatic hydroxyl groups excluding tert-OH is 1. The van der Waals surface area contributed by atoms with Crippen molar-refractivity contribution in [1.82, 2.24) is 41.6 Å². The molecular formula is C31H35N11O10S3. The number of carboxylic acids is 1. The number of nitrogens with zero attached hydrogens (tertiary/aromatic N) is 6. The average molecular weight is 818 g/mol. The van der Waals surface area contributed by atoms with Crippen LogP contribution in [0.4, 0.5) is 5.13 Å². The molecule has 5 heterocycles. The summed E-state index contributed by atoms with van der Waals surface area (Å²) in [6, 6.07) is 2.25. The van der Waals surface area contributed by atoms with Gasteiger partial charge in [0.2, 0.25) is 11.5 Å². The lowest BCUT2D eigenvalue weighted by molar-refractivity contribution is -0.157. The highest BCUT2D eigenvalue weighted by Crippen LogP contribution is 2.45. The summed E-state index contributed by atoms with van der Waals surface area (Å²) in [7, 11) is 1.76. The number of carbonyl (C=O) groups is 5. The summed E-state index contributed by atoms with van der Waals surface area (Å²) < 4.78 is 0. The fourth-order valence-electron chi connectivity index (χ4n) is 5.41. The molecule has 4 amide bonds. The molecule has 4 aliphatic heterocycles. The van der Waals surface area contributed by atoms with Crippen molar-refractivity contribution in [2.45, 2.75) is 30.9 Å². The molecule has 0 aliphatic carbocycles. The minimum absolute atomic E-state index is 0.0124. The maximum absolute atomic E-state index is 13.6. The summed E-state index contributed by atoms with van der Waals surface area (Å²) in [5, 5.41) is 50.6. The second-order valence-corrected chi connectivity index (χ2v) is 16.0. The first-order chi connectivity index (χ1) is 26.0. The van der Waals surface area contributed by atoms with Crippen molar-refractivity contribution < 1.29 is 49.2 Å². The van der Waals surface area contributed by atoms with E-state index in [0.29, 0.717) is 16.6 Å². The first kappa shape index (κ1) is 39.1. The summed E-state index contributed by atoms with van der Waals surface area (Å²) in [5.74, 6) is -4.48. The van der Waals surface area contributed by atoms with Gasteiger partial charge in [0.25, 0.3) is 17.7 Å². The minimum Gasteiger partial charge on any atom is -0.504 e. The minimum atomic E-state index is -1.79. The number of β-lactam (4-membered cyclic amide) rings is 1. The van der Waals surface area contributed by atoms with Crippen molar-refractivity contribution in [3.8, 4) is 11.5 Å². The number of aliphatic carboxylic acids is 1. The van der Waals surface area contributed by atoms with Crippen LogP contribution in [-0.2, 0) is 24.0 Å². The quantitative estimate of drug-likeness (QED) is 0.0540. The maximum Gasteiger partial charge on any atom is 0.313 e. The highest BCUT2D eigenvalue weighted by atomic mass is 32.2. The molecule has 2 saturated heterocycles. The van der Waals surface area contributed by atoms with Gasteiger partial charge in [-0.15, -0.1) is 40.4 Å². The number of phenols is 2. The van der Waals surface area contributed by atoms with Crippen LogP contribution in [0, 0.1) is 5.41 Å². The number of aliphatic imine (C=N–C) groups is 1. The van der Waals surface area contributed by atoms with Crippen molar-refractivity contribution in [2.75, 3.05) is 37.4 Å².